The molecular formula is C11H18N4O. The monoisotopic (exact) mass is 222 g/mol. The van der Waals surface area contributed by atoms with E-state index in [0.29, 0.717) is 19.1 Å². The lowest BCUT2D eigenvalue weighted by Crippen LogP contribution is -2.34. The van der Waals surface area contributed by atoms with Crippen molar-refractivity contribution in [1.82, 2.24) is 20.4 Å². The molecule has 2 rings (SSSR count). The fraction of sp³-hybridized carbons (Fsp3) is 0.636. The molecule has 1 amide bonds. The van der Waals surface area contributed by atoms with E-state index in [1.165, 1.54) is 12.8 Å². The Hall–Kier alpha value is -1.36. The van der Waals surface area contributed by atoms with E-state index in [1.807, 2.05) is 18.7 Å². The summed E-state index contributed by atoms with van der Waals surface area (Å²) < 4.78 is 1.81. The zero-order chi connectivity index (χ0) is 11.5. The van der Waals surface area contributed by atoms with Gasteiger partial charge in [0.2, 0.25) is 5.91 Å². The summed E-state index contributed by atoms with van der Waals surface area (Å²) in [6.07, 6.45) is 4.20. The summed E-state index contributed by atoms with van der Waals surface area (Å²) in [5.74, 6) is 0.0511. The molecule has 1 saturated carbocycles. The van der Waals surface area contributed by atoms with Gasteiger partial charge in [-0.05, 0) is 19.8 Å². The van der Waals surface area contributed by atoms with Crippen LogP contribution in [0.3, 0.4) is 0 Å². The fourth-order valence-electron chi connectivity index (χ4n) is 1.50. The first-order chi connectivity index (χ1) is 7.66. The molecule has 5 heteroatoms. The van der Waals surface area contributed by atoms with E-state index in [1.54, 1.807) is 6.20 Å². The molecule has 0 aromatic carbocycles. The molecule has 0 saturated heterocycles. The molecule has 5 nitrogen and oxygen atoms in total. The minimum Gasteiger partial charge on any atom is -0.351 e. The van der Waals surface area contributed by atoms with E-state index < -0.39 is 0 Å². The highest BCUT2D eigenvalue weighted by Gasteiger charge is 2.21. The van der Waals surface area contributed by atoms with Crippen LogP contribution in [0.25, 0.3) is 0 Å². The van der Waals surface area contributed by atoms with Gasteiger partial charge in [-0.3, -0.25) is 9.48 Å². The zero-order valence-corrected chi connectivity index (χ0v) is 9.79. The third kappa shape index (κ3) is 2.82. The third-order valence-electron chi connectivity index (χ3n) is 2.94. The van der Waals surface area contributed by atoms with E-state index in [4.69, 9.17) is 0 Å². The molecular weight excluding hydrogens is 204 g/mol. The minimum atomic E-state index is 0.0511. The Morgan fingerprint density at radius 3 is 2.94 bits per heavy atom. The molecule has 0 atom stereocenters. The Morgan fingerprint density at radius 1 is 1.62 bits per heavy atom. The molecule has 0 radical (unpaired) electrons. The van der Waals surface area contributed by atoms with Crippen molar-refractivity contribution in [2.75, 3.05) is 6.54 Å². The first kappa shape index (κ1) is 11.1. The van der Waals surface area contributed by atoms with Crippen LogP contribution in [0.1, 0.15) is 24.1 Å². The second-order valence-electron chi connectivity index (χ2n) is 4.31. The van der Waals surface area contributed by atoms with Crippen LogP contribution >= 0.6 is 0 Å². The average molecular weight is 222 g/mol. The van der Waals surface area contributed by atoms with E-state index in [-0.39, 0.29) is 5.91 Å². The summed E-state index contributed by atoms with van der Waals surface area (Å²) in [6.45, 7) is 2.98. The maximum absolute atomic E-state index is 11.5. The summed E-state index contributed by atoms with van der Waals surface area (Å²) in [5.41, 5.74) is 2.16. The van der Waals surface area contributed by atoms with Crippen molar-refractivity contribution in [3.63, 3.8) is 0 Å². The van der Waals surface area contributed by atoms with Gasteiger partial charge < -0.3 is 10.6 Å². The Kier molecular flexibility index (Phi) is 3.24. The largest absolute Gasteiger partial charge is 0.351 e. The predicted octanol–water partition coefficient (Wildman–Crippen LogP) is 0.0967. The van der Waals surface area contributed by atoms with Crippen LogP contribution in [0.4, 0.5) is 0 Å². The second-order valence-corrected chi connectivity index (χ2v) is 4.31. The number of hydrogen-bond acceptors (Lipinski definition) is 3. The fourth-order valence-corrected chi connectivity index (χ4v) is 1.50. The molecule has 1 aromatic heterocycles. The van der Waals surface area contributed by atoms with Gasteiger partial charge in [0.1, 0.15) is 0 Å². The van der Waals surface area contributed by atoms with Crippen molar-refractivity contribution in [2.24, 2.45) is 7.05 Å². The summed E-state index contributed by atoms with van der Waals surface area (Å²) in [7, 11) is 1.90. The number of amides is 1. The number of carbonyl (C=O) groups excluding carboxylic acids is 1. The van der Waals surface area contributed by atoms with Gasteiger partial charge in [-0.2, -0.15) is 5.10 Å². The smallest absolute Gasteiger partial charge is 0.234 e. The van der Waals surface area contributed by atoms with Gasteiger partial charge in [-0.1, -0.05) is 0 Å². The Balaban J connectivity index is 1.73. The highest BCUT2D eigenvalue weighted by Crippen LogP contribution is 2.17. The van der Waals surface area contributed by atoms with Gasteiger partial charge in [0.25, 0.3) is 0 Å². The molecule has 0 unspecified atom stereocenters. The van der Waals surface area contributed by atoms with E-state index in [9.17, 15) is 4.79 Å². The normalized spacial score (nSPS) is 15.1. The summed E-state index contributed by atoms with van der Waals surface area (Å²) in [6, 6.07) is 0.575. The molecule has 1 heterocycles. The van der Waals surface area contributed by atoms with Crippen LogP contribution in [0, 0.1) is 6.92 Å². The number of hydrogen-bond donors (Lipinski definition) is 2. The Morgan fingerprint density at radius 2 is 2.38 bits per heavy atom. The van der Waals surface area contributed by atoms with E-state index >= 15 is 0 Å². The maximum Gasteiger partial charge on any atom is 0.234 e. The molecule has 2 N–H and O–H groups in total. The first-order valence-electron chi connectivity index (χ1n) is 5.64. The first-order valence-corrected chi connectivity index (χ1v) is 5.64. The van der Waals surface area contributed by atoms with Crippen LogP contribution in [0.15, 0.2) is 6.20 Å². The lowest BCUT2D eigenvalue weighted by atomic mass is 10.2. The lowest BCUT2D eigenvalue weighted by Gasteiger charge is -2.05. The third-order valence-corrected chi connectivity index (χ3v) is 2.94. The second kappa shape index (κ2) is 4.65. The summed E-state index contributed by atoms with van der Waals surface area (Å²) in [4.78, 5) is 11.5. The van der Waals surface area contributed by atoms with Crippen molar-refractivity contribution in [1.29, 1.82) is 0 Å². The Bertz CT molecular complexity index is 381. The molecule has 0 bridgehead atoms. The quantitative estimate of drug-likeness (QED) is 0.742. The SMILES string of the molecule is Cc1c(CNC(=O)CNC2CC2)cnn1C. The van der Waals surface area contributed by atoms with Crippen LogP contribution in [0.2, 0.25) is 0 Å². The number of nitrogens with one attached hydrogen (secondary N) is 2. The van der Waals surface area contributed by atoms with E-state index in [2.05, 4.69) is 15.7 Å². The van der Waals surface area contributed by atoms with Crippen LogP contribution in [-0.4, -0.2) is 28.3 Å². The highest BCUT2D eigenvalue weighted by atomic mass is 16.1. The van der Waals surface area contributed by atoms with Crippen molar-refractivity contribution in [3.05, 3.63) is 17.5 Å². The van der Waals surface area contributed by atoms with Gasteiger partial charge >= 0.3 is 0 Å². The number of aryl methyl sites for hydroxylation is 1. The molecule has 1 aliphatic carbocycles. The number of aromatic nitrogens is 2. The van der Waals surface area contributed by atoms with Gasteiger partial charge in [0.05, 0.1) is 12.7 Å². The van der Waals surface area contributed by atoms with Gasteiger partial charge in [-0.15, -0.1) is 0 Å². The molecule has 16 heavy (non-hydrogen) atoms. The highest BCUT2D eigenvalue weighted by molar-refractivity contribution is 5.78. The van der Waals surface area contributed by atoms with Crippen molar-refractivity contribution >= 4 is 5.91 Å². The molecule has 1 aromatic rings. The van der Waals surface area contributed by atoms with Gasteiger partial charge in [-0.25, -0.2) is 0 Å². The molecule has 1 fully saturated rings. The summed E-state index contributed by atoms with van der Waals surface area (Å²) in [5, 5.41) is 10.2. The van der Waals surface area contributed by atoms with Crippen LogP contribution in [-0.2, 0) is 18.4 Å². The minimum absolute atomic E-state index is 0.0511. The molecule has 1 aliphatic rings. The number of rotatable bonds is 5. The molecule has 0 spiro atoms. The lowest BCUT2D eigenvalue weighted by molar-refractivity contribution is -0.120. The molecule has 88 valence electrons. The van der Waals surface area contributed by atoms with Crippen LogP contribution in [0.5, 0.6) is 0 Å². The standard InChI is InChI=1S/C11H18N4O/c1-8-9(6-14-15(8)2)5-13-11(16)7-12-10-3-4-10/h6,10,12H,3-5,7H2,1-2H3,(H,13,16). The van der Waals surface area contributed by atoms with Crippen molar-refractivity contribution in [2.45, 2.75) is 32.4 Å². The average Bonchev–Trinajstić information content (AvgIpc) is 3.04. The number of carbonyl (C=O) groups is 1. The van der Waals surface area contributed by atoms with Crippen molar-refractivity contribution < 1.29 is 4.79 Å². The van der Waals surface area contributed by atoms with Crippen molar-refractivity contribution in [3.8, 4) is 0 Å². The van der Waals surface area contributed by atoms with Crippen LogP contribution < -0.4 is 10.6 Å². The maximum atomic E-state index is 11.5. The number of nitrogens with zero attached hydrogens (tertiary/aromatic N) is 2. The summed E-state index contributed by atoms with van der Waals surface area (Å²) >= 11 is 0. The van der Waals surface area contributed by atoms with Gasteiger partial charge in [0.15, 0.2) is 0 Å². The topological polar surface area (TPSA) is 59.0 Å². The zero-order valence-electron chi connectivity index (χ0n) is 9.79. The molecule has 0 aliphatic heterocycles. The van der Waals surface area contributed by atoms with E-state index in [0.717, 1.165) is 11.3 Å². The Labute approximate surface area is 95.2 Å². The van der Waals surface area contributed by atoms with Gasteiger partial charge in [0, 0.05) is 30.9 Å². The predicted molar refractivity (Wildman–Crippen MR) is 60.8 cm³/mol.